The number of hydrogen-bond donors (Lipinski definition) is 1. The van der Waals surface area contributed by atoms with Crippen LogP contribution in [0.2, 0.25) is 0 Å². The summed E-state index contributed by atoms with van der Waals surface area (Å²) >= 11 is 4.48. The maximum atomic E-state index is 12.8. The quantitative estimate of drug-likeness (QED) is 0.743. The Morgan fingerprint density at radius 3 is 2.65 bits per heavy atom. The zero-order valence-corrected chi connectivity index (χ0v) is 13.4. The lowest BCUT2D eigenvalue weighted by Crippen LogP contribution is -2.22. The second-order valence-corrected chi connectivity index (χ2v) is 7.05. The average Bonchev–Trinajstić information content (AvgIpc) is 2.29. The van der Waals surface area contributed by atoms with Gasteiger partial charge in [0, 0.05) is 15.4 Å². The highest BCUT2D eigenvalue weighted by atomic mass is 79.9. The molecule has 20 heavy (non-hydrogen) atoms. The molecule has 0 saturated heterocycles. The lowest BCUT2D eigenvalue weighted by atomic mass is 10.2. The van der Waals surface area contributed by atoms with E-state index in [-0.39, 0.29) is 10.5 Å². The summed E-state index contributed by atoms with van der Waals surface area (Å²) in [6.45, 7) is 4.08. The summed E-state index contributed by atoms with van der Waals surface area (Å²) in [5, 5.41) is 4.05. The van der Waals surface area contributed by atoms with Gasteiger partial charge in [0.25, 0.3) is 0 Å². The molecule has 1 aliphatic rings. The van der Waals surface area contributed by atoms with Crippen LogP contribution in [-0.2, 0) is 6.18 Å². The number of amidine groups is 1. The molecule has 0 bridgehead atoms. The standard InChI is InChI=1S/C13H14BrF3N2S/c1-7-5-8(2)20-12(18-7)19-9-3-4-11(14)10(6-9)13(15,16)17/h3-4,6-8H,5H2,1-2H3,(H,18,19). The summed E-state index contributed by atoms with van der Waals surface area (Å²) in [6.07, 6.45) is -3.40. The number of hydrogen-bond acceptors (Lipinski definition) is 3. The number of benzene rings is 1. The van der Waals surface area contributed by atoms with E-state index in [1.54, 1.807) is 17.8 Å². The van der Waals surface area contributed by atoms with Crippen LogP contribution < -0.4 is 5.32 Å². The molecular formula is C13H14BrF3N2S. The Kier molecular flexibility index (Phi) is 4.69. The molecule has 1 aromatic carbocycles. The molecule has 2 rings (SSSR count). The summed E-state index contributed by atoms with van der Waals surface area (Å²) in [7, 11) is 0. The Bertz CT molecular complexity index is 531. The van der Waals surface area contributed by atoms with E-state index in [0.717, 1.165) is 12.5 Å². The highest BCUT2D eigenvalue weighted by Gasteiger charge is 2.33. The van der Waals surface area contributed by atoms with Gasteiger partial charge in [-0.25, -0.2) is 0 Å². The van der Waals surface area contributed by atoms with Crippen molar-refractivity contribution in [3.63, 3.8) is 0 Å². The van der Waals surface area contributed by atoms with Crippen LogP contribution in [0.4, 0.5) is 18.9 Å². The zero-order chi connectivity index (χ0) is 14.9. The Balaban J connectivity index is 2.22. The van der Waals surface area contributed by atoms with Crippen LogP contribution in [0, 0.1) is 0 Å². The van der Waals surface area contributed by atoms with Crippen LogP contribution in [0.15, 0.2) is 27.7 Å². The van der Waals surface area contributed by atoms with Gasteiger partial charge in [-0.15, -0.1) is 0 Å². The number of nitrogens with one attached hydrogen (secondary N) is 1. The van der Waals surface area contributed by atoms with E-state index < -0.39 is 11.7 Å². The van der Waals surface area contributed by atoms with E-state index in [4.69, 9.17) is 0 Å². The van der Waals surface area contributed by atoms with E-state index in [1.807, 2.05) is 6.92 Å². The van der Waals surface area contributed by atoms with Gasteiger partial charge in [0.15, 0.2) is 5.17 Å². The largest absolute Gasteiger partial charge is 0.417 e. The van der Waals surface area contributed by atoms with Gasteiger partial charge in [0.2, 0.25) is 0 Å². The summed E-state index contributed by atoms with van der Waals surface area (Å²) < 4.78 is 38.6. The average molecular weight is 367 g/mol. The number of thioether (sulfide) groups is 1. The Hall–Kier alpha value is -0.690. The van der Waals surface area contributed by atoms with Crippen molar-refractivity contribution in [2.24, 2.45) is 4.99 Å². The van der Waals surface area contributed by atoms with Gasteiger partial charge in [0.05, 0.1) is 11.6 Å². The van der Waals surface area contributed by atoms with Crippen molar-refractivity contribution in [2.75, 3.05) is 5.32 Å². The van der Waals surface area contributed by atoms with E-state index in [0.29, 0.717) is 16.1 Å². The summed E-state index contributed by atoms with van der Waals surface area (Å²) in [6, 6.07) is 4.28. The van der Waals surface area contributed by atoms with E-state index >= 15 is 0 Å². The molecule has 0 aromatic heterocycles. The first kappa shape index (κ1) is 15.7. The molecule has 0 fully saturated rings. The second kappa shape index (κ2) is 5.97. The SMILES string of the molecule is CC1CC(C)SC(Nc2ccc(Br)c(C(F)(F)F)c2)=N1. The minimum Gasteiger partial charge on any atom is -0.335 e. The van der Waals surface area contributed by atoms with Crippen LogP contribution in [0.5, 0.6) is 0 Å². The molecule has 1 heterocycles. The molecule has 0 aliphatic carbocycles. The van der Waals surface area contributed by atoms with Crippen LogP contribution in [-0.4, -0.2) is 16.5 Å². The number of halogens is 4. The fraction of sp³-hybridized carbons (Fsp3) is 0.462. The third kappa shape index (κ3) is 3.91. The van der Waals surface area contributed by atoms with Gasteiger partial charge >= 0.3 is 6.18 Å². The molecule has 1 aromatic rings. The smallest absolute Gasteiger partial charge is 0.335 e. The number of alkyl halides is 3. The number of nitrogens with zero attached hydrogens (tertiary/aromatic N) is 1. The Morgan fingerprint density at radius 2 is 2.05 bits per heavy atom. The lowest BCUT2D eigenvalue weighted by Gasteiger charge is -2.23. The normalized spacial score (nSPS) is 23.4. The maximum Gasteiger partial charge on any atom is 0.417 e. The Morgan fingerprint density at radius 1 is 1.35 bits per heavy atom. The highest BCUT2D eigenvalue weighted by Crippen LogP contribution is 2.36. The Labute approximate surface area is 128 Å². The minimum absolute atomic E-state index is 0.0375. The van der Waals surface area contributed by atoms with Crippen molar-refractivity contribution in [1.29, 1.82) is 0 Å². The minimum atomic E-state index is -4.38. The molecule has 0 saturated carbocycles. The molecule has 1 aliphatic heterocycles. The van der Waals surface area contributed by atoms with Gasteiger partial charge in [-0.2, -0.15) is 13.2 Å². The first-order valence-electron chi connectivity index (χ1n) is 6.14. The third-order valence-corrected chi connectivity index (χ3v) is 4.56. The predicted octanol–water partition coefficient (Wildman–Crippen LogP) is 5.15. The topological polar surface area (TPSA) is 24.4 Å². The molecule has 0 radical (unpaired) electrons. The molecular weight excluding hydrogens is 353 g/mol. The van der Waals surface area contributed by atoms with Gasteiger partial charge in [-0.05, 0) is 31.5 Å². The third-order valence-electron chi connectivity index (χ3n) is 2.85. The van der Waals surface area contributed by atoms with E-state index in [9.17, 15) is 13.2 Å². The zero-order valence-electron chi connectivity index (χ0n) is 11.0. The van der Waals surface area contributed by atoms with Crippen molar-refractivity contribution in [3.05, 3.63) is 28.2 Å². The van der Waals surface area contributed by atoms with Crippen molar-refractivity contribution < 1.29 is 13.2 Å². The first-order chi connectivity index (χ1) is 9.25. The van der Waals surface area contributed by atoms with Gasteiger partial charge in [-0.3, -0.25) is 4.99 Å². The molecule has 2 nitrogen and oxygen atoms in total. The lowest BCUT2D eigenvalue weighted by molar-refractivity contribution is -0.138. The maximum absolute atomic E-state index is 12.8. The fourth-order valence-corrected chi connectivity index (χ4v) is 3.65. The molecule has 2 unspecified atom stereocenters. The summed E-state index contributed by atoms with van der Waals surface area (Å²) in [4.78, 5) is 4.42. The molecule has 0 spiro atoms. The monoisotopic (exact) mass is 366 g/mol. The number of rotatable bonds is 1. The summed E-state index contributed by atoms with van der Waals surface area (Å²) in [5.74, 6) is 0. The van der Waals surface area contributed by atoms with Crippen molar-refractivity contribution in [3.8, 4) is 0 Å². The first-order valence-corrected chi connectivity index (χ1v) is 7.81. The number of aliphatic imine (C=N–C) groups is 1. The predicted molar refractivity (Wildman–Crippen MR) is 81.3 cm³/mol. The molecule has 110 valence electrons. The van der Waals surface area contributed by atoms with E-state index in [1.165, 1.54) is 6.07 Å². The summed E-state index contributed by atoms with van der Waals surface area (Å²) in [5.41, 5.74) is -0.293. The van der Waals surface area contributed by atoms with Crippen molar-refractivity contribution in [2.45, 2.75) is 37.7 Å². The van der Waals surface area contributed by atoms with Gasteiger partial charge < -0.3 is 5.32 Å². The molecule has 2 atom stereocenters. The van der Waals surface area contributed by atoms with Crippen LogP contribution in [0.1, 0.15) is 25.8 Å². The molecule has 1 N–H and O–H groups in total. The molecule has 7 heteroatoms. The second-order valence-electron chi connectivity index (χ2n) is 4.76. The van der Waals surface area contributed by atoms with Crippen molar-refractivity contribution in [1.82, 2.24) is 0 Å². The van der Waals surface area contributed by atoms with Crippen LogP contribution in [0.25, 0.3) is 0 Å². The fourth-order valence-electron chi connectivity index (χ4n) is 2.01. The van der Waals surface area contributed by atoms with E-state index in [2.05, 4.69) is 33.2 Å². The molecule has 0 amide bonds. The van der Waals surface area contributed by atoms with Crippen molar-refractivity contribution >= 4 is 38.5 Å². The highest BCUT2D eigenvalue weighted by molar-refractivity contribution is 9.10. The number of anilines is 1. The van der Waals surface area contributed by atoms with Gasteiger partial charge in [-0.1, -0.05) is 34.6 Å². The van der Waals surface area contributed by atoms with Crippen LogP contribution >= 0.6 is 27.7 Å². The van der Waals surface area contributed by atoms with Crippen LogP contribution in [0.3, 0.4) is 0 Å². The van der Waals surface area contributed by atoms with Gasteiger partial charge in [0.1, 0.15) is 0 Å².